The summed E-state index contributed by atoms with van der Waals surface area (Å²) in [6.45, 7) is 12.1. The Morgan fingerprint density at radius 1 is 1.26 bits per heavy atom. The van der Waals surface area contributed by atoms with E-state index in [4.69, 9.17) is 16.3 Å². The second-order valence-electron chi connectivity index (χ2n) is 6.29. The monoisotopic (exact) mass is 283 g/mol. The lowest BCUT2D eigenvalue weighted by Gasteiger charge is -2.27. The van der Waals surface area contributed by atoms with E-state index in [1.807, 2.05) is 12.1 Å². The molecule has 0 fully saturated rings. The Bertz CT molecular complexity index is 412. The number of rotatable bonds is 5. The summed E-state index contributed by atoms with van der Waals surface area (Å²) < 4.78 is 5.28. The number of methoxy groups -OCH3 is 1. The molecule has 2 nitrogen and oxygen atoms in total. The minimum atomic E-state index is 0.158. The summed E-state index contributed by atoms with van der Waals surface area (Å²) in [5.74, 6) is 1.76. The molecule has 0 heterocycles. The third-order valence-electron chi connectivity index (χ3n) is 3.51. The lowest BCUT2D eigenvalue weighted by Crippen LogP contribution is -2.39. The highest BCUT2D eigenvalue weighted by atomic mass is 35.5. The Labute approximate surface area is 122 Å². The molecule has 0 aliphatic heterocycles. The van der Waals surface area contributed by atoms with Gasteiger partial charge in [0.05, 0.1) is 12.1 Å². The zero-order valence-electron chi connectivity index (χ0n) is 12.9. The second-order valence-corrected chi connectivity index (χ2v) is 6.70. The zero-order chi connectivity index (χ0) is 14.6. The number of halogens is 1. The van der Waals surface area contributed by atoms with Crippen molar-refractivity contribution in [3.63, 3.8) is 0 Å². The molecule has 1 rings (SSSR count). The van der Waals surface area contributed by atoms with Gasteiger partial charge in [-0.25, -0.2) is 0 Å². The van der Waals surface area contributed by atoms with Gasteiger partial charge < -0.3 is 10.1 Å². The van der Waals surface area contributed by atoms with Gasteiger partial charge in [0.15, 0.2) is 0 Å². The minimum Gasteiger partial charge on any atom is -0.495 e. The number of hydrogen-bond donors (Lipinski definition) is 1. The summed E-state index contributed by atoms with van der Waals surface area (Å²) in [4.78, 5) is 0. The smallest absolute Gasteiger partial charge is 0.137 e. The van der Waals surface area contributed by atoms with Crippen molar-refractivity contribution in [1.82, 2.24) is 5.32 Å². The van der Waals surface area contributed by atoms with Gasteiger partial charge in [-0.2, -0.15) is 0 Å². The fourth-order valence-electron chi connectivity index (χ4n) is 1.93. The van der Waals surface area contributed by atoms with Crippen LogP contribution in [0.4, 0.5) is 0 Å². The van der Waals surface area contributed by atoms with E-state index in [2.05, 4.69) is 46.0 Å². The molecule has 0 amide bonds. The molecule has 0 aliphatic carbocycles. The Morgan fingerprint density at radius 3 is 2.42 bits per heavy atom. The molecule has 0 saturated carbocycles. The number of hydrogen-bond acceptors (Lipinski definition) is 2. The quantitative estimate of drug-likeness (QED) is 0.860. The second kappa shape index (κ2) is 6.62. The molecule has 0 aliphatic rings. The van der Waals surface area contributed by atoms with Gasteiger partial charge >= 0.3 is 0 Å². The summed E-state index contributed by atoms with van der Waals surface area (Å²) in [6, 6.07) is 6.04. The lowest BCUT2D eigenvalue weighted by molar-refractivity contribution is 0.358. The van der Waals surface area contributed by atoms with Gasteiger partial charge in [-0.05, 0) is 56.8 Å². The van der Waals surface area contributed by atoms with Crippen LogP contribution in [0.1, 0.15) is 46.1 Å². The first-order valence-electron chi connectivity index (χ1n) is 6.83. The summed E-state index contributed by atoms with van der Waals surface area (Å²) in [5, 5.41) is 4.22. The normalized spacial score (nSPS) is 15.1. The zero-order valence-corrected chi connectivity index (χ0v) is 13.6. The third-order valence-corrected chi connectivity index (χ3v) is 3.82. The predicted octanol–water partition coefficient (Wildman–Crippen LogP) is 4.48. The fraction of sp³-hybridized carbons (Fsp3) is 0.625. The first kappa shape index (κ1) is 16.3. The molecule has 0 saturated heterocycles. The number of ether oxygens (including phenoxy) is 1. The molecule has 3 heteroatoms. The molecule has 0 radical (unpaired) electrons. The molecule has 19 heavy (non-hydrogen) atoms. The Hall–Kier alpha value is -0.730. The average molecular weight is 284 g/mol. The highest BCUT2D eigenvalue weighted by molar-refractivity contribution is 6.32. The van der Waals surface area contributed by atoms with Crippen LogP contribution in [-0.2, 0) is 0 Å². The van der Waals surface area contributed by atoms with E-state index >= 15 is 0 Å². The van der Waals surface area contributed by atoms with Crippen molar-refractivity contribution in [1.29, 1.82) is 0 Å². The van der Waals surface area contributed by atoms with Crippen LogP contribution in [0.3, 0.4) is 0 Å². The SMILES string of the molecule is COc1cc(C(C)C(C)CNC(C)(C)C)ccc1Cl. The van der Waals surface area contributed by atoms with Gasteiger partial charge in [0.1, 0.15) is 5.75 Å². The Balaban J connectivity index is 2.73. The molecular weight excluding hydrogens is 258 g/mol. The topological polar surface area (TPSA) is 21.3 Å². The third kappa shape index (κ3) is 5.04. The van der Waals surface area contributed by atoms with Crippen molar-refractivity contribution >= 4 is 11.6 Å². The van der Waals surface area contributed by atoms with Crippen LogP contribution in [0.5, 0.6) is 5.75 Å². The summed E-state index contributed by atoms with van der Waals surface area (Å²) in [5.41, 5.74) is 1.43. The number of benzene rings is 1. The van der Waals surface area contributed by atoms with Crippen LogP contribution in [-0.4, -0.2) is 19.2 Å². The first-order valence-corrected chi connectivity index (χ1v) is 7.21. The molecule has 0 aromatic heterocycles. The highest BCUT2D eigenvalue weighted by Crippen LogP contribution is 2.31. The van der Waals surface area contributed by atoms with Gasteiger partial charge in [-0.3, -0.25) is 0 Å². The standard InChI is InChI=1S/C16H26ClNO/c1-11(10-18-16(3,4)5)12(2)13-7-8-14(17)15(9-13)19-6/h7-9,11-12,18H,10H2,1-6H3. The fourth-order valence-corrected chi connectivity index (χ4v) is 2.13. The molecule has 1 N–H and O–H groups in total. The summed E-state index contributed by atoms with van der Waals surface area (Å²) in [6.07, 6.45) is 0. The molecule has 1 aromatic rings. The van der Waals surface area contributed by atoms with Gasteiger partial charge in [0.2, 0.25) is 0 Å². The van der Waals surface area contributed by atoms with Gasteiger partial charge in [-0.1, -0.05) is 31.5 Å². The summed E-state index contributed by atoms with van der Waals surface area (Å²) >= 11 is 6.06. The first-order chi connectivity index (χ1) is 8.74. The van der Waals surface area contributed by atoms with Crippen molar-refractivity contribution in [2.24, 2.45) is 5.92 Å². The van der Waals surface area contributed by atoms with Crippen LogP contribution >= 0.6 is 11.6 Å². The molecule has 0 bridgehead atoms. The number of nitrogens with one attached hydrogen (secondary N) is 1. The van der Waals surface area contributed by atoms with Gasteiger partial charge in [0.25, 0.3) is 0 Å². The van der Waals surface area contributed by atoms with E-state index in [0.717, 1.165) is 12.3 Å². The van der Waals surface area contributed by atoms with Crippen LogP contribution in [0, 0.1) is 5.92 Å². The van der Waals surface area contributed by atoms with Crippen LogP contribution in [0.25, 0.3) is 0 Å². The Kier molecular flexibility index (Phi) is 5.69. The Morgan fingerprint density at radius 2 is 1.89 bits per heavy atom. The lowest BCUT2D eigenvalue weighted by atomic mass is 9.88. The van der Waals surface area contributed by atoms with E-state index < -0.39 is 0 Å². The largest absolute Gasteiger partial charge is 0.495 e. The predicted molar refractivity (Wildman–Crippen MR) is 83.3 cm³/mol. The van der Waals surface area contributed by atoms with E-state index in [0.29, 0.717) is 16.9 Å². The van der Waals surface area contributed by atoms with E-state index in [1.54, 1.807) is 7.11 Å². The van der Waals surface area contributed by atoms with E-state index in [-0.39, 0.29) is 5.54 Å². The molecule has 2 unspecified atom stereocenters. The molecule has 108 valence electrons. The highest BCUT2D eigenvalue weighted by Gasteiger charge is 2.18. The maximum atomic E-state index is 6.06. The van der Waals surface area contributed by atoms with Crippen molar-refractivity contribution in [3.8, 4) is 5.75 Å². The molecule has 1 aromatic carbocycles. The van der Waals surface area contributed by atoms with Gasteiger partial charge in [-0.15, -0.1) is 0 Å². The van der Waals surface area contributed by atoms with Crippen molar-refractivity contribution in [2.45, 2.75) is 46.1 Å². The van der Waals surface area contributed by atoms with Crippen molar-refractivity contribution in [3.05, 3.63) is 28.8 Å². The van der Waals surface area contributed by atoms with Crippen molar-refractivity contribution in [2.75, 3.05) is 13.7 Å². The van der Waals surface area contributed by atoms with Gasteiger partial charge in [0, 0.05) is 5.54 Å². The van der Waals surface area contributed by atoms with Crippen LogP contribution in [0.15, 0.2) is 18.2 Å². The average Bonchev–Trinajstić information content (AvgIpc) is 2.34. The molecule has 0 spiro atoms. The minimum absolute atomic E-state index is 0.158. The van der Waals surface area contributed by atoms with E-state index in [9.17, 15) is 0 Å². The van der Waals surface area contributed by atoms with Crippen LogP contribution in [0.2, 0.25) is 5.02 Å². The maximum Gasteiger partial charge on any atom is 0.137 e. The van der Waals surface area contributed by atoms with E-state index in [1.165, 1.54) is 5.56 Å². The molecule has 2 atom stereocenters. The van der Waals surface area contributed by atoms with Crippen molar-refractivity contribution < 1.29 is 4.74 Å². The maximum absolute atomic E-state index is 6.06. The molecular formula is C16H26ClNO. The van der Waals surface area contributed by atoms with Crippen LogP contribution < -0.4 is 10.1 Å². The summed E-state index contributed by atoms with van der Waals surface area (Å²) in [7, 11) is 1.65.